The molecule has 0 bridgehead atoms. The van der Waals surface area contributed by atoms with Crippen molar-refractivity contribution in [2.75, 3.05) is 18.8 Å². The van der Waals surface area contributed by atoms with E-state index in [0.717, 1.165) is 17.3 Å². The fourth-order valence-corrected chi connectivity index (χ4v) is 2.56. The Kier molecular flexibility index (Phi) is 3.53. The number of nitrogens with two attached hydrogens (primary N) is 1. The van der Waals surface area contributed by atoms with Crippen LogP contribution in [-0.4, -0.2) is 23.9 Å². The number of hydrogen-bond donors (Lipinski definition) is 1. The lowest BCUT2D eigenvalue weighted by atomic mass is 10.0. The molecular weight excluding hydrogens is 260 g/mol. The van der Waals surface area contributed by atoms with Crippen LogP contribution in [0.25, 0.3) is 10.8 Å². The SMILES string of the molecule is C#CCN(CC1CC1)C(=O)c1cc2ccccc2cc1N. The third-order valence-electron chi connectivity index (χ3n) is 3.89. The molecule has 3 heteroatoms. The van der Waals surface area contributed by atoms with Crippen molar-refractivity contribution < 1.29 is 4.79 Å². The first-order valence-corrected chi connectivity index (χ1v) is 7.20. The topological polar surface area (TPSA) is 46.3 Å². The van der Waals surface area contributed by atoms with Crippen LogP contribution in [0.4, 0.5) is 5.69 Å². The Morgan fingerprint density at radius 1 is 1.29 bits per heavy atom. The normalized spacial score (nSPS) is 13.9. The first-order chi connectivity index (χ1) is 10.2. The van der Waals surface area contributed by atoms with E-state index in [4.69, 9.17) is 12.2 Å². The molecule has 0 heterocycles. The average Bonchev–Trinajstić information content (AvgIpc) is 3.29. The van der Waals surface area contributed by atoms with Gasteiger partial charge < -0.3 is 10.6 Å². The van der Waals surface area contributed by atoms with E-state index >= 15 is 0 Å². The van der Waals surface area contributed by atoms with Crippen molar-refractivity contribution >= 4 is 22.4 Å². The molecule has 0 spiro atoms. The van der Waals surface area contributed by atoms with Crippen LogP contribution < -0.4 is 5.73 Å². The summed E-state index contributed by atoms with van der Waals surface area (Å²) in [5.74, 6) is 3.11. The Morgan fingerprint density at radius 2 is 1.95 bits per heavy atom. The predicted octanol–water partition coefficient (Wildman–Crippen LogP) is 2.91. The van der Waals surface area contributed by atoms with Crippen LogP contribution in [0.2, 0.25) is 0 Å². The average molecular weight is 278 g/mol. The minimum Gasteiger partial charge on any atom is -0.398 e. The number of nitrogen functional groups attached to an aromatic ring is 1. The van der Waals surface area contributed by atoms with Crippen molar-refractivity contribution in [3.63, 3.8) is 0 Å². The Labute approximate surface area is 124 Å². The lowest BCUT2D eigenvalue weighted by Gasteiger charge is -2.21. The number of anilines is 1. The highest BCUT2D eigenvalue weighted by Gasteiger charge is 2.27. The standard InChI is InChI=1S/C18H18N2O/c1-2-9-20(12-13-7-8-13)18(21)16-10-14-5-3-4-6-15(14)11-17(16)19/h1,3-6,10-11,13H,7-9,12,19H2. The predicted molar refractivity (Wildman–Crippen MR) is 85.8 cm³/mol. The van der Waals surface area contributed by atoms with Gasteiger partial charge in [-0.1, -0.05) is 30.2 Å². The van der Waals surface area contributed by atoms with Gasteiger partial charge in [0, 0.05) is 12.2 Å². The highest BCUT2D eigenvalue weighted by molar-refractivity contribution is 6.04. The number of fused-ring (bicyclic) bond motifs is 1. The van der Waals surface area contributed by atoms with Crippen LogP contribution >= 0.6 is 0 Å². The Hall–Kier alpha value is -2.47. The molecule has 0 aromatic heterocycles. The van der Waals surface area contributed by atoms with Gasteiger partial charge in [0.25, 0.3) is 5.91 Å². The summed E-state index contributed by atoms with van der Waals surface area (Å²) < 4.78 is 0. The summed E-state index contributed by atoms with van der Waals surface area (Å²) in [6, 6.07) is 11.6. The highest BCUT2D eigenvalue weighted by atomic mass is 16.2. The summed E-state index contributed by atoms with van der Waals surface area (Å²) in [6.07, 6.45) is 7.76. The van der Waals surface area contributed by atoms with Crippen LogP contribution in [0.1, 0.15) is 23.2 Å². The van der Waals surface area contributed by atoms with Gasteiger partial charge in [0.15, 0.2) is 0 Å². The Morgan fingerprint density at radius 3 is 2.57 bits per heavy atom. The van der Waals surface area contributed by atoms with Gasteiger partial charge in [0.05, 0.1) is 12.1 Å². The monoisotopic (exact) mass is 278 g/mol. The van der Waals surface area contributed by atoms with Gasteiger partial charge in [0.2, 0.25) is 0 Å². The zero-order valence-electron chi connectivity index (χ0n) is 11.9. The van der Waals surface area contributed by atoms with Gasteiger partial charge in [-0.25, -0.2) is 0 Å². The molecule has 3 nitrogen and oxygen atoms in total. The summed E-state index contributed by atoms with van der Waals surface area (Å²) in [6.45, 7) is 1.07. The fourth-order valence-electron chi connectivity index (χ4n) is 2.56. The Balaban J connectivity index is 1.95. The molecule has 1 aliphatic carbocycles. The Bertz CT molecular complexity index is 726. The van der Waals surface area contributed by atoms with Crippen molar-refractivity contribution in [1.29, 1.82) is 0 Å². The zero-order chi connectivity index (χ0) is 14.8. The fraction of sp³-hybridized carbons (Fsp3) is 0.278. The summed E-state index contributed by atoms with van der Waals surface area (Å²) in [5, 5.41) is 2.05. The van der Waals surface area contributed by atoms with Crippen molar-refractivity contribution in [1.82, 2.24) is 4.90 Å². The van der Waals surface area contributed by atoms with Gasteiger partial charge in [-0.05, 0) is 41.7 Å². The number of nitrogens with zero attached hydrogens (tertiary/aromatic N) is 1. The second kappa shape index (κ2) is 5.49. The minimum absolute atomic E-state index is 0.0666. The van der Waals surface area contributed by atoms with Crippen LogP contribution in [0, 0.1) is 18.3 Å². The zero-order valence-corrected chi connectivity index (χ0v) is 11.9. The first kappa shape index (κ1) is 13.5. The van der Waals surface area contributed by atoms with E-state index in [1.807, 2.05) is 36.4 Å². The van der Waals surface area contributed by atoms with Crippen LogP contribution in [0.5, 0.6) is 0 Å². The number of hydrogen-bond acceptors (Lipinski definition) is 2. The molecule has 1 fully saturated rings. The number of amides is 1. The summed E-state index contributed by atoms with van der Waals surface area (Å²) in [5.41, 5.74) is 7.13. The molecule has 2 N–H and O–H groups in total. The molecule has 2 aromatic carbocycles. The van der Waals surface area contributed by atoms with Crippen molar-refractivity contribution in [3.05, 3.63) is 42.0 Å². The molecule has 0 aliphatic heterocycles. The summed E-state index contributed by atoms with van der Waals surface area (Å²) in [7, 11) is 0. The van der Waals surface area contributed by atoms with E-state index in [0.29, 0.717) is 23.7 Å². The van der Waals surface area contributed by atoms with Gasteiger partial charge >= 0.3 is 0 Å². The summed E-state index contributed by atoms with van der Waals surface area (Å²) in [4.78, 5) is 14.4. The molecule has 3 rings (SSSR count). The molecule has 106 valence electrons. The van der Waals surface area contributed by atoms with Gasteiger partial charge in [-0.3, -0.25) is 4.79 Å². The first-order valence-electron chi connectivity index (χ1n) is 7.20. The number of rotatable bonds is 4. The molecule has 0 atom stereocenters. The van der Waals surface area contributed by atoms with Gasteiger partial charge in [0.1, 0.15) is 0 Å². The summed E-state index contributed by atoms with van der Waals surface area (Å²) >= 11 is 0. The minimum atomic E-state index is -0.0666. The second-order valence-corrected chi connectivity index (χ2v) is 5.62. The largest absolute Gasteiger partial charge is 0.398 e. The van der Waals surface area contributed by atoms with E-state index < -0.39 is 0 Å². The molecule has 2 aromatic rings. The molecule has 1 saturated carbocycles. The molecule has 1 amide bonds. The van der Waals surface area contributed by atoms with E-state index in [9.17, 15) is 4.79 Å². The molecule has 1 aliphatic rings. The molecule has 0 radical (unpaired) electrons. The number of terminal acetylenes is 1. The van der Waals surface area contributed by atoms with E-state index in [1.165, 1.54) is 12.8 Å². The molecule has 21 heavy (non-hydrogen) atoms. The smallest absolute Gasteiger partial charge is 0.256 e. The van der Waals surface area contributed by atoms with Crippen LogP contribution in [-0.2, 0) is 0 Å². The molecule has 0 unspecified atom stereocenters. The maximum absolute atomic E-state index is 12.7. The van der Waals surface area contributed by atoms with Crippen molar-refractivity contribution in [3.8, 4) is 12.3 Å². The van der Waals surface area contributed by atoms with Crippen LogP contribution in [0.15, 0.2) is 36.4 Å². The molecule has 0 saturated heterocycles. The van der Waals surface area contributed by atoms with Gasteiger partial charge in [-0.2, -0.15) is 0 Å². The quantitative estimate of drug-likeness (QED) is 0.690. The van der Waals surface area contributed by atoms with Gasteiger partial charge in [-0.15, -0.1) is 6.42 Å². The number of benzene rings is 2. The van der Waals surface area contributed by atoms with Crippen molar-refractivity contribution in [2.45, 2.75) is 12.8 Å². The molecular formula is C18H18N2O. The van der Waals surface area contributed by atoms with E-state index in [2.05, 4.69) is 5.92 Å². The second-order valence-electron chi connectivity index (χ2n) is 5.62. The van der Waals surface area contributed by atoms with Crippen LogP contribution in [0.3, 0.4) is 0 Å². The third kappa shape index (κ3) is 2.85. The van der Waals surface area contributed by atoms with Crippen molar-refractivity contribution in [2.24, 2.45) is 5.92 Å². The number of carbonyl (C=O) groups is 1. The highest BCUT2D eigenvalue weighted by Crippen LogP contribution is 2.31. The third-order valence-corrected chi connectivity index (χ3v) is 3.89. The van der Waals surface area contributed by atoms with E-state index in [-0.39, 0.29) is 5.91 Å². The lowest BCUT2D eigenvalue weighted by molar-refractivity contribution is 0.0771. The lowest BCUT2D eigenvalue weighted by Crippen LogP contribution is -2.33. The maximum atomic E-state index is 12.7. The van der Waals surface area contributed by atoms with E-state index in [1.54, 1.807) is 4.90 Å². The maximum Gasteiger partial charge on any atom is 0.256 e. The number of carbonyl (C=O) groups excluding carboxylic acids is 1.